The van der Waals surface area contributed by atoms with Gasteiger partial charge in [0.05, 0.1) is 11.7 Å². The standard InChI is InChI=1S/C18H22N2S/c1-2-6-16(7-3-1)18(17-8-4-5-11-19-17)20-14-15-9-12-21-13-10-15/h1-8,11,15,18,20H,9-10,12-14H2. The zero-order valence-corrected chi connectivity index (χ0v) is 13.1. The molecular formula is C18H22N2S. The van der Waals surface area contributed by atoms with Gasteiger partial charge in [0.2, 0.25) is 0 Å². The van der Waals surface area contributed by atoms with Crippen molar-refractivity contribution in [3.05, 3.63) is 66.0 Å². The third-order valence-corrected chi connectivity index (χ3v) is 5.12. The molecule has 1 atom stereocenters. The highest BCUT2D eigenvalue weighted by Gasteiger charge is 2.18. The van der Waals surface area contributed by atoms with Gasteiger partial charge in [0.1, 0.15) is 0 Å². The van der Waals surface area contributed by atoms with Crippen molar-refractivity contribution in [1.82, 2.24) is 10.3 Å². The molecule has 3 heteroatoms. The van der Waals surface area contributed by atoms with Crippen LogP contribution in [0.4, 0.5) is 0 Å². The highest BCUT2D eigenvalue weighted by Crippen LogP contribution is 2.24. The van der Waals surface area contributed by atoms with E-state index in [0.29, 0.717) is 0 Å². The van der Waals surface area contributed by atoms with Crippen molar-refractivity contribution in [2.45, 2.75) is 18.9 Å². The van der Waals surface area contributed by atoms with Crippen LogP contribution in [-0.2, 0) is 0 Å². The molecule has 0 aliphatic carbocycles. The first-order valence-electron chi connectivity index (χ1n) is 7.70. The smallest absolute Gasteiger partial charge is 0.0751 e. The Hall–Kier alpha value is -1.32. The third kappa shape index (κ3) is 4.08. The number of rotatable bonds is 5. The summed E-state index contributed by atoms with van der Waals surface area (Å²) in [7, 11) is 0. The zero-order chi connectivity index (χ0) is 14.3. The number of benzene rings is 1. The molecule has 21 heavy (non-hydrogen) atoms. The van der Waals surface area contributed by atoms with Crippen molar-refractivity contribution in [3.63, 3.8) is 0 Å². The average Bonchev–Trinajstić information content (AvgIpc) is 2.58. The Balaban J connectivity index is 1.73. The molecule has 1 aliphatic rings. The van der Waals surface area contributed by atoms with Crippen molar-refractivity contribution < 1.29 is 0 Å². The minimum absolute atomic E-state index is 0.196. The lowest BCUT2D eigenvalue weighted by molar-refractivity contribution is 0.427. The maximum Gasteiger partial charge on any atom is 0.0751 e. The molecule has 0 bridgehead atoms. The number of hydrogen-bond acceptors (Lipinski definition) is 3. The zero-order valence-electron chi connectivity index (χ0n) is 12.2. The van der Waals surface area contributed by atoms with Gasteiger partial charge in [0.25, 0.3) is 0 Å². The van der Waals surface area contributed by atoms with Crippen molar-refractivity contribution in [2.75, 3.05) is 18.1 Å². The molecule has 110 valence electrons. The van der Waals surface area contributed by atoms with Gasteiger partial charge in [-0.25, -0.2) is 0 Å². The van der Waals surface area contributed by atoms with E-state index in [9.17, 15) is 0 Å². The van der Waals surface area contributed by atoms with E-state index in [1.54, 1.807) is 0 Å². The van der Waals surface area contributed by atoms with E-state index in [1.165, 1.54) is 29.9 Å². The first kappa shape index (κ1) is 14.6. The molecular weight excluding hydrogens is 276 g/mol. The van der Waals surface area contributed by atoms with Gasteiger partial charge < -0.3 is 5.32 Å². The number of hydrogen-bond donors (Lipinski definition) is 1. The molecule has 1 aromatic heterocycles. The van der Waals surface area contributed by atoms with Crippen molar-refractivity contribution >= 4 is 11.8 Å². The number of pyridine rings is 1. The van der Waals surface area contributed by atoms with E-state index in [1.807, 2.05) is 12.3 Å². The lowest BCUT2D eigenvalue weighted by atomic mass is 9.99. The van der Waals surface area contributed by atoms with Crippen molar-refractivity contribution in [3.8, 4) is 0 Å². The van der Waals surface area contributed by atoms with E-state index in [0.717, 1.165) is 18.2 Å². The molecule has 2 heterocycles. The molecule has 0 spiro atoms. The van der Waals surface area contributed by atoms with Gasteiger partial charge in [-0.2, -0.15) is 11.8 Å². The van der Waals surface area contributed by atoms with Crippen LogP contribution in [0.2, 0.25) is 0 Å². The highest BCUT2D eigenvalue weighted by molar-refractivity contribution is 7.99. The topological polar surface area (TPSA) is 24.9 Å². The van der Waals surface area contributed by atoms with E-state index in [4.69, 9.17) is 0 Å². The van der Waals surface area contributed by atoms with Crippen LogP contribution >= 0.6 is 11.8 Å². The summed E-state index contributed by atoms with van der Waals surface area (Å²) in [5.41, 5.74) is 2.40. The molecule has 1 unspecified atom stereocenters. The SMILES string of the molecule is c1ccc(C(NCC2CCSCC2)c2ccccn2)cc1. The van der Waals surface area contributed by atoms with Crippen LogP contribution in [0, 0.1) is 5.92 Å². The summed E-state index contributed by atoms with van der Waals surface area (Å²) >= 11 is 2.09. The average molecular weight is 298 g/mol. The molecule has 1 saturated heterocycles. The summed E-state index contributed by atoms with van der Waals surface area (Å²) < 4.78 is 0. The van der Waals surface area contributed by atoms with Gasteiger partial charge in [-0.1, -0.05) is 36.4 Å². The molecule has 0 radical (unpaired) electrons. The first-order valence-corrected chi connectivity index (χ1v) is 8.86. The maximum atomic E-state index is 4.55. The highest BCUT2D eigenvalue weighted by atomic mass is 32.2. The largest absolute Gasteiger partial charge is 0.305 e. The van der Waals surface area contributed by atoms with E-state index in [2.05, 4.69) is 64.5 Å². The predicted octanol–water partition coefficient (Wildman–Crippen LogP) is 3.90. The van der Waals surface area contributed by atoms with Gasteiger partial charge in [-0.15, -0.1) is 0 Å². The fraction of sp³-hybridized carbons (Fsp3) is 0.389. The van der Waals surface area contributed by atoms with Crippen molar-refractivity contribution in [2.24, 2.45) is 5.92 Å². The van der Waals surface area contributed by atoms with E-state index < -0.39 is 0 Å². The summed E-state index contributed by atoms with van der Waals surface area (Å²) in [5, 5.41) is 3.75. The summed E-state index contributed by atoms with van der Waals surface area (Å²) in [6, 6.07) is 17.0. The molecule has 2 nitrogen and oxygen atoms in total. The van der Waals surface area contributed by atoms with Crippen LogP contribution in [0.5, 0.6) is 0 Å². The van der Waals surface area contributed by atoms with E-state index in [-0.39, 0.29) is 6.04 Å². The van der Waals surface area contributed by atoms with Crippen LogP contribution in [0.3, 0.4) is 0 Å². The molecule has 3 rings (SSSR count). The molecule has 1 N–H and O–H groups in total. The Morgan fingerprint density at radius 1 is 1.05 bits per heavy atom. The van der Waals surface area contributed by atoms with Gasteiger partial charge >= 0.3 is 0 Å². The number of nitrogens with zero attached hydrogens (tertiary/aromatic N) is 1. The fourth-order valence-corrected chi connectivity index (χ4v) is 4.02. The number of aromatic nitrogens is 1. The quantitative estimate of drug-likeness (QED) is 0.906. The monoisotopic (exact) mass is 298 g/mol. The van der Waals surface area contributed by atoms with Gasteiger partial charge in [0, 0.05) is 6.20 Å². The summed E-state index contributed by atoms with van der Waals surface area (Å²) in [4.78, 5) is 4.55. The lowest BCUT2D eigenvalue weighted by Crippen LogP contribution is -2.30. The van der Waals surface area contributed by atoms with Crippen LogP contribution in [0.25, 0.3) is 0 Å². The summed E-state index contributed by atoms with van der Waals surface area (Å²) in [6.07, 6.45) is 4.55. The van der Waals surface area contributed by atoms with Crippen LogP contribution in [0.15, 0.2) is 54.7 Å². The predicted molar refractivity (Wildman–Crippen MR) is 90.6 cm³/mol. The number of thioether (sulfide) groups is 1. The Kier molecular flexibility index (Phi) is 5.30. The Labute approximate surface area is 131 Å². The second kappa shape index (κ2) is 7.62. The van der Waals surface area contributed by atoms with Crippen LogP contribution in [-0.4, -0.2) is 23.0 Å². The summed E-state index contributed by atoms with van der Waals surface area (Å²) in [6.45, 7) is 1.08. The number of nitrogens with one attached hydrogen (secondary N) is 1. The Morgan fingerprint density at radius 3 is 2.52 bits per heavy atom. The van der Waals surface area contributed by atoms with Crippen LogP contribution < -0.4 is 5.32 Å². The fourth-order valence-electron chi connectivity index (χ4n) is 2.82. The van der Waals surface area contributed by atoms with Crippen LogP contribution in [0.1, 0.15) is 30.1 Å². The lowest BCUT2D eigenvalue weighted by Gasteiger charge is -2.25. The molecule has 1 aliphatic heterocycles. The second-order valence-electron chi connectivity index (χ2n) is 5.56. The normalized spacial score (nSPS) is 17.5. The molecule has 2 aromatic rings. The summed E-state index contributed by atoms with van der Waals surface area (Å²) in [5.74, 6) is 3.43. The minimum atomic E-state index is 0.196. The minimum Gasteiger partial charge on any atom is -0.305 e. The second-order valence-corrected chi connectivity index (χ2v) is 6.79. The van der Waals surface area contributed by atoms with Gasteiger partial charge in [-0.05, 0) is 54.5 Å². The first-order chi connectivity index (χ1) is 10.4. The maximum absolute atomic E-state index is 4.55. The van der Waals surface area contributed by atoms with Gasteiger partial charge in [-0.3, -0.25) is 4.98 Å². The Bertz CT molecular complexity index is 484. The molecule has 0 saturated carbocycles. The van der Waals surface area contributed by atoms with Gasteiger partial charge in [0.15, 0.2) is 0 Å². The molecule has 1 aromatic carbocycles. The van der Waals surface area contributed by atoms with E-state index >= 15 is 0 Å². The van der Waals surface area contributed by atoms with Crippen molar-refractivity contribution in [1.29, 1.82) is 0 Å². The Morgan fingerprint density at radius 2 is 1.81 bits per heavy atom. The third-order valence-electron chi connectivity index (χ3n) is 4.07. The molecule has 0 amide bonds. The molecule has 1 fully saturated rings.